The molecule has 1 aromatic carbocycles. The fourth-order valence-electron chi connectivity index (χ4n) is 1.52. The van der Waals surface area contributed by atoms with Crippen LogP contribution in [0.3, 0.4) is 0 Å². The summed E-state index contributed by atoms with van der Waals surface area (Å²) in [5.74, 6) is 0.0388. The molecule has 2 aromatic rings. The molecule has 0 aliphatic carbocycles. The van der Waals surface area contributed by atoms with Crippen LogP contribution in [0.1, 0.15) is 22.1 Å². The van der Waals surface area contributed by atoms with Gasteiger partial charge in [-0.2, -0.15) is 0 Å². The summed E-state index contributed by atoms with van der Waals surface area (Å²) < 4.78 is 15.6. The van der Waals surface area contributed by atoms with Gasteiger partial charge in [-0.25, -0.2) is 4.79 Å². The van der Waals surface area contributed by atoms with Crippen molar-refractivity contribution in [2.75, 3.05) is 7.11 Å². The summed E-state index contributed by atoms with van der Waals surface area (Å²) in [5.41, 5.74) is 0.00980. The van der Waals surface area contributed by atoms with E-state index in [1.807, 2.05) is 0 Å². The molecule has 0 aliphatic heterocycles. The molecule has 0 bridgehead atoms. The highest BCUT2D eigenvalue weighted by molar-refractivity contribution is 5.92. The van der Waals surface area contributed by atoms with Gasteiger partial charge in [-0.15, -0.1) is 10.2 Å². The summed E-state index contributed by atoms with van der Waals surface area (Å²) in [6.45, 7) is 1.63. The summed E-state index contributed by atoms with van der Waals surface area (Å²) >= 11 is 0. The highest BCUT2D eigenvalue weighted by atomic mass is 16.5. The maximum atomic E-state index is 11.1. The average Bonchev–Trinajstić information content (AvgIpc) is 2.81. The Morgan fingerprint density at radius 1 is 1.42 bits per heavy atom. The SMILES string of the molecule is COc1cccc(C(=O)O)c1OCc1nnc(C)o1. The predicted octanol–water partition coefficient (Wildman–Crippen LogP) is 1.66. The van der Waals surface area contributed by atoms with Crippen LogP contribution >= 0.6 is 0 Å². The molecule has 1 aromatic heterocycles. The second-order valence-corrected chi connectivity index (χ2v) is 3.65. The molecule has 0 saturated carbocycles. The maximum Gasteiger partial charge on any atom is 0.339 e. The molecule has 0 amide bonds. The van der Waals surface area contributed by atoms with Gasteiger partial charge in [-0.1, -0.05) is 6.07 Å². The fourth-order valence-corrected chi connectivity index (χ4v) is 1.52. The Hall–Kier alpha value is -2.57. The third-order valence-corrected chi connectivity index (χ3v) is 2.34. The number of methoxy groups -OCH3 is 1. The minimum Gasteiger partial charge on any atom is -0.493 e. The van der Waals surface area contributed by atoms with E-state index in [9.17, 15) is 4.79 Å². The third kappa shape index (κ3) is 2.82. The van der Waals surface area contributed by atoms with Gasteiger partial charge in [0.15, 0.2) is 18.1 Å². The van der Waals surface area contributed by atoms with E-state index in [1.54, 1.807) is 19.1 Å². The number of carboxylic acid groups (broad SMARTS) is 1. The molecular weight excluding hydrogens is 252 g/mol. The van der Waals surface area contributed by atoms with Gasteiger partial charge in [0, 0.05) is 6.92 Å². The van der Waals surface area contributed by atoms with Crippen molar-refractivity contribution in [3.05, 3.63) is 35.5 Å². The molecule has 0 radical (unpaired) electrons. The van der Waals surface area contributed by atoms with Crippen LogP contribution in [0.5, 0.6) is 11.5 Å². The second kappa shape index (κ2) is 5.38. The van der Waals surface area contributed by atoms with Crippen LogP contribution in [0.25, 0.3) is 0 Å². The lowest BCUT2D eigenvalue weighted by atomic mass is 10.2. The molecule has 0 saturated heterocycles. The minimum atomic E-state index is -1.10. The molecule has 1 N–H and O–H groups in total. The van der Waals surface area contributed by atoms with Crippen LogP contribution in [0.4, 0.5) is 0 Å². The van der Waals surface area contributed by atoms with Gasteiger partial charge in [0.1, 0.15) is 5.56 Å². The molecule has 1 heterocycles. The van der Waals surface area contributed by atoms with Crippen molar-refractivity contribution in [3.63, 3.8) is 0 Å². The van der Waals surface area contributed by atoms with Crippen LogP contribution in [-0.2, 0) is 6.61 Å². The van der Waals surface area contributed by atoms with E-state index in [-0.39, 0.29) is 23.8 Å². The van der Waals surface area contributed by atoms with Crippen LogP contribution in [0.2, 0.25) is 0 Å². The minimum absolute atomic E-state index is 0.00980. The van der Waals surface area contributed by atoms with E-state index >= 15 is 0 Å². The highest BCUT2D eigenvalue weighted by Crippen LogP contribution is 2.31. The first-order valence-electron chi connectivity index (χ1n) is 5.44. The smallest absolute Gasteiger partial charge is 0.339 e. The number of ether oxygens (including phenoxy) is 2. The predicted molar refractivity (Wildman–Crippen MR) is 63.3 cm³/mol. The number of benzene rings is 1. The van der Waals surface area contributed by atoms with Crippen molar-refractivity contribution in [2.45, 2.75) is 13.5 Å². The van der Waals surface area contributed by atoms with Crippen molar-refractivity contribution in [3.8, 4) is 11.5 Å². The summed E-state index contributed by atoms with van der Waals surface area (Å²) in [5, 5.41) is 16.5. The molecular formula is C12H12N2O5. The Balaban J connectivity index is 2.25. The summed E-state index contributed by atoms with van der Waals surface area (Å²) in [6, 6.07) is 4.62. The zero-order valence-electron chi connectivity index (χ0n) is 10.4. The normalized spacial score (nSPS) is 10.2. The molecule has 0 atom stereocenters. The maximum absolute atomic E-state index is 11.1. The van der Waals surface area contributed by atoms with Crippen molar-refractivity contribution in [1.29, 1.82) is 0 Å². The number of nitrogens with zero attached hydrogens (tertiary/aromatic N) is 2. The molecule has 0 unspecified atom stereocenters. The van der Waals surface area contributed by atoms with Gasteiger partial charge < -0.3 is 19.0 Å². The van der Waals surface area contributed by atoms with Crippen LogP contribution < -0.4 is 9.47 Å². The number of hydrogen-bond acceptors (Lipinski definition) is 6. The molecule has 0 aliphatic rings. The number of aromatic nitrogens is 2. The van der Waals surface area contributed by atoms with Gasteiger partial charge in [-0.3, -0.25) is 0 Å². The standard InChI is InChI=1S/C12H12N2O5/c1-7-13-14-10(19-7)6-18-11-8(12(15)16)4-3-5-9(11)17-2/h3-5H,6H2,1-2H3,(H,15,16). The van der Waals surface area contributed by atoms with Gasteiger partial charge in [0.05, 0.1) is 7.11 Å². The van der Waals surface area contributed by atoms with Crippen molar-refractivity contribution in [2.24, 2.45) is 0 Å². The lowest BCUT2D eigenvalue weighted by Crippen LogP contribution is -2.05. The Morgan fingerprint density at radius 2 is 2.21 bits per heavy atom. The quantitative estimate of drug-likeness (QED) is 0.877. The topological polar surface area (TPSA) is 94.7 Å². The van der Waals surface area contributed by atoms with Gasteiger partial charge in [0.2, 0.25) is 5.89 Å². The first-order chi connectivity index (χ1) is 9.11. The van der Waals surface area contributed by atoms with E-state index in [2.05, 4.69) is 10.2 Å². The molecule has 0 spiro atoms. The Kier molecular flexibility index (Phi) is 3.65. The number of carbonyl (C=O) groups is 1. The summed E-state index contributed by atoms with van der Waals surface area (Å²) in [6.07, 6.45) is 0. The van der Waals surface area contributed by atoms with Crippen LogP contribution in [-0.4, -0.2) is 28.4 Å². The van der Waals surface area contributed by atoms with E-state index < -0.39 is 5.97 Å². The lowest BCUT2D eigenvalue weighted by Gasteiger charge is -2.11. The first kappa shape index (κ1) is 12.9. The number of aromatic carboxylic acids is 1. The molecule has 0 fully saturated rings. The van der Waals surface area contributed by atoms with Crippen molar-refractivity contribution >= 4 is 5.97 Å². The van der Waals surface area contributed by atoms with E-state index in [4.69, 9.17) is 19.0 Å². The van der Waals surface area contributed by atoms with Crippen molar-refractivity contribution in [1.82, 2.24) is 10.2 Å². The number of carboxylic acids is 1. The van der Waals surface area contributed by atoms with Gasteiger partial charge in [0.25, 0.3) is 5.89 Å². The summed E-state index contributed by atoms with van der Waals surface area (Å²) in [4.78, 5) is 11.1. The molecule has 7 nitrogen and oxygen atoms in total. The number of hydrogen-bond donors (Lipinski definition) is 1. The Labute approximate surface area is 108 Å². The Morgan fingerprint density at radius 3 is 2.79 bits per heavy atom. The van der Waals surface area contributed by atoms with Crippen LogP contribution in [0, 0.1) is 6.92 Å². The molecule has 100 valence electrons. The van der Waals surface area contributed by atoms with Crippen molar-refractivity contribution < 1.29 is 23.8 Å². The highest BCUT2D eigenvalue weighted by Gasteiger charge is 2.17. The monoisotopic (exact) mass is 264 g/mol. The lowest BCUT2D eigenvalue weighted by molar-refractivity contribution is 0.0690. The first-order valence-corrected chi connectivity index (χ1v) is 5.44. The van der Waals surface area contributed by atoms with E-state index in [0.717, 1.165) is 0 Å². The average molecular weight is 264 g/mol. The largest absolute Gasteiger partial charge is 0.493 e. The molecule has 7 heteroatoms. The fraction of sp³-hybridized carbons (Fsp3) is 0.250. The number of para-hydroxylation sites is 1. The van der Waals surface area contributed by atoms with Crippen LogP contribution in [0.15, 0.2) is 22.6 Å². The second-order valence-electron chi connectivity index (χ2n) is 3.65. The number of aryl methyl sites for hydroxylation is 1. The zero-order chi connectivity index (χ0) is 13.8. The van der Waals surface area contributed by atoms with Gasteiger partial charge >= 0.3 is 5.97 Å². The number of rotatable bonds is 5. The Bertz CT molecular complexity index is 594. The third-order valence-electron chi connectivity index (χ3n) is 2.34. The van der Waals surface area contributed by atoms with E-state index in [0.29, 0.717) is 11.6 Å². The molecule has 19 heavy (non-hydrogen) atoms. The zero-order valence-corrected chi connectivity index (χ0v) is 10.4. The molecule has 2 rings (SSSR count). The van der Waals surface area contributed by atoms with Gasteiger partial charge in [-0.05, 0) is 12.1 Å². The van der Waals surface area contributed by atoms with E-state index in [1.165, 1.54) is 13.2 Å². The summed E-state index contributed by atoms with van der Waals surface area (Å²) in [7, 11) is 1.44.